The molecule has 0 unspecified atom stereocenters. The minimum atomic E-state index is -1.58. The molecule has 0 bridgehead atoms. The van der Waals surface area contributed by atoms with Crippen molar-refractivity contribution in [2.24, 2.45) is 5.92 Å². The lowest BCUT2D eigenvalue weighted by molar-refractivity contribution is -0.139. The molecule has 0 aromatic heterocycles. The second kappa shape index (κ2) is 7.66. The molecular formula is C22H21NO9. The fourth-order valence-electron chi connectivity index (χ4n) is 4.76. The van der Waals surface area contributed by atoms with Gasteiger partial charge in [-0.3, -0.25) is 4.79 Å². The van der Waals surface area contributed by atoms with Gasteiger partial charge in [0.2, 0.25) is 12.5 Å². The third-order valence-corrected chi connectivity index (χ3v) is 6.32. The topological polar surface area (TPSA) is 155 Å². The number of benzene rings is 2. The van der Waals surface area contributed by atoms with Gasteiger partial charge in [0.25, 0.3) is 5.91 Å². The predicted molar refractivity (Wildman–Crippen MR) is 106 cm³/mol. The van der Waals surface area contributed by atoms with Crippen molar-refractivity contribution >= 4 is 11.9 Å². The summed E-state index contributed by atoms with van der Waals surface area (Å²) < 4.78 is 16.0. The van der Waals surface area contributed by atoms with Crippen molar-refractivity contribution in [3.8, 4) is 17.2 Å². The first-order valence-corrected chi connectivity index (χ1v) is 10.1. The summed E-state index contributed by atoms with van der Waals surface area (Å²) in [5.74, 6) is -3.15. The summed E-state index contributed by atoms with van der Waals surface area (Å²) in [7, 11) is 0. The SMILES string of the molecule is O=C(OC[C@H]1[C@H](O)[C@@H](O)[C@@H](O)[C@@H]2NC(=O)c3c(cc4c(c3O)OCO4)[C@@H]12)c1ccccc1. The number of aromatic hydroxyl groups is 1. The van der Waals surface area contributed by atoms with E-state index in [0.717, 1.165) is 0 Å². The fourth-order valence-corrected chi connectivity index (χ4v) is 4.76. The quantitative estimate of drug-likeness (QED) is 0.409. The Balaban J connectivity index is 1.53. The smallest absolute Gasteiger partial charge is 0.338 e. The summed E-state index contributed by atoms with van der Waals surface area (Å²) in [5, 5.41) is 44.9. The number of aliphatic hydroxyl groups is 3. The zero-order valence-corrected chi connectivity index (χ0v) is 16.7. The highest BCUT2D eigenvalue weighted by Crippen LogP contribution is 2.51. The molecule has 1 amide bonds. The normalized spacial score (nSPS) is 30.2. The summed E-state index contributed by atoms with van der Waals surface area (Å²) in [4.78, 5) is 25.2. The molecule has 6 atom stereocenters. The largest absolute Gasteiger partial charge is 0.504 e. The minimum Gasteiger partial charge on any atom is -0.504 e. The molecule has 0 radical (unpaired) electrons. The van der Waals surface area contributed by atoms with Gasteiger partial charge in [-0.2, -0.15) is 0 Å². The molecule has 168 valence electrons. The maximum Gasteiger partial charge on any atom is 0.338 e. The first kappa shape index (κ1) is 20.6. The summed E-state index contributed by atoms with van der Waals surface area (Å²) >= 11 is 0. The molecule has 3 aliphatic rings. The van der Waals surface area contributed by atoms with E-state index in [1.807, 2.05) is 0 Å². The Morgan fingerprint density at radius 3 is 2.59 bits per heavy atom. The van der Waals surface area contributed by atoms with Gasteiger partial charge in [-0.15, -0.1) is 0 Å². The van der Waals surface area contributed by atoms with Gasteiger partial charge < -0.3 is 40.0 Å². The van der Waals surface area contributed by atoms with E-state index in [0.29, 0.717) is 11.1 Å². The van der Waals surface area contributed by atoms with Crippen LogP contribution < -0.4 is 14.8 Å². The van der Waals surface area contributed by atoms with E-state index in [4.69, 9.17) is 14.2 Å². The van der Waals surface area contributed by atoms with Crippen LogP contribution in [0.5, 0.6) is 17.2 Å². The lowest BCUT2D eigenvalue weighted by Crippen LogP contribution is -2.65. The number of phenols is 1. The van der Waals surface area contributed by atoms with Gasteiger partial charge in [-0.25, -0.2) is 4.79 Å². The first-order valence-electron chi connectivity index (χ1n) is 10.1. The molecular weight excluding hydrogens is 422 g/mol. The van der Waals surface area contributed by atoms with E-state index in [9.17, 15) is 30.0 Å². The third-order valence-electron chi connectivity index (χ3n) is 6.32. The van der Waals surface area contributed by atoms with Crippen LogP contribution in [0.2, 0.25) is 0 Å². The molecule has 2 aromatic rings. The van der Waals surface area contributed by atoms with Crippen molar-refractivity contribution in [3.63, 3.8) is 0 Å². The van der Waals surface area contributed by atoms with Crippen molar-refractivity contribution in [3.05, 3.63) is 53.1 Å². The van der Waals surface area contributed by atoms with Gasteiger partial charge in [0.15, 0.2) is 11.5 Å². The Kier molecular flexibility index (Phi) is 4.92. The number of aliphatic hydroxyl groups excluding tert-OH is 3. The average molecular weight is 443 g/mol. The zero-order chi connectivity index (χ0) is 22.6. The van der Waals surface area contributed by atoms with Crippen LogP contribution in [-0.2, 0) is 4.74 Å². The van der Waals surface area contributed by atoms with Crippen LogP contribution in [-0.4, -0.2) is 70.1 Å². The third kappa shape index (κ3) is 3.07. The van der Waals surface area contributed by atoms with Gasteiger partial charge in [-0.05, 0) is 23.8 Å². The number of rotatable bonds is 3. The molecule has 0 saturated heterocycles. The molecule has 5 N–H and O–H groups in total. The van der Waals surface area contributed by atoms with Gasteiger partial charge >= 0.3 is 5.97 Å². The van der Waals surface area contributed by atoms with Gasteiger partial charge in [0.05, 0.1) is 29.9 Å². The summed E-state index contributed by atoms with van der Waals surface area (Å²) in [5.41, 5.74) is 0.533. The lowest BCUT2D eigenvalue weighted by Gasteiger charge is -2.48. The number of carbonyl (C=O) groups is 2. The molecule has 10 heteroatoms. The highest BCUT2D eigenvalue weighted by atomic mass is 16.7. The van der Waals surface area contributed by atoms with E-state index >= 15 is 0 Å². The molecule has 32 heavy (non-hydrogen) atoms. The highest BCUT2D eigenvalue weighted by Gasteiger charge is 2.54. The second-order valence-corrected chi connectivity index (χ2v) is 8.05. The van der Waals surface area contributed by atoms with Crippen LogP contribution in [0.1, 0.15) is 32.2 Å². The number of esters is 1. The van der Waals surface area contributed by atoms with Crippen LogP contribution in [0, 0.1) is 5.92 Å². The van der Waals surface area contributed by atoms with Crippen molar-refractivity contribution in [1.29, 1.82) is 0 Å². The van der Waals surface area contributed by atoms with Crippen molar-refractivity contribution < 1.29 is 44.2 Å². The van der Waals surface area contributed by atoms with E-state index in [-0.39, 0.29) is 30.5 Å². The molecule has 0 spiro atoms. The summed E-state index contributed by atoms with van der Waals surface area (Å²) in [6, 6.07) is 8.79. The lowest BCUT2D eigenvalue weighted by atomic mass is 9.66. The minimum absolute atomic E-state index is 0.0290. The Hall–Kier alpha value is -3.34. The monoisotopic (exact) mass is 443 g/mol. The molecule has 2 aromatic carbocycles. The predicted octanol–water partition coefficient (Wildman–Crippen LogP) is -0.114. The number of amides is 1. The van der Waals surface area contributed by atoms with Crippen LogP contribution >= 0.6 is 0 Å². The Morgan fingerprint density at radius 1 is 1.09 bits per heavy atom. The number of hydrogen-bond acceptors (Lipinski definition) is 9. The Morgan fingerprint density at radius 2 is 1.84 bits per heavy atom. The van der Waals surface area contributed by atoms with Crippen LogP contribution in [0.15, 0.2) is 36.4 Å². The Labute approximate surface area is 182 Å². The molecule has 2 aliphatic heterocycles. The number of hydrogen-bond donors (Lipinski definition) is 5. The summed E-state index contributed by atoms with van der Waals surface area (Å²) in [6.07, 6.45) is -4.54. The fraction of sp³-hybridized carbons (Fsp3) is 0.364. The standard InChI is InChI=1S/C22H21NO9/c24-16-11(7-30-22(29)9-4-2-1-3-5-9)13-10-6-12-20(32-8-31-12)17(25)14(10)21(28)23-15(13)18(26)19(16)27/h1-6,11,13,15-16,18-19,24-27H,7-8H2,(H,23,28)/t11-,13+,15-,16+,18+,19-/m1/s1. The first-order chi connectivity index (χ1) is 15.4. The van der Waals surface area contributed by atoms with Crippen LogP contribution in [0.3, 0.4) is 0 Å². The zero-order valence-electron chi connectivity index (χ0n) is 16.7. The van der Waals surface area contributed by atoms with E-state index < -0.39 is 53.8 Å². The number of carbonyl (C=O) groups excluding carboxylic acids is 2. The van der Waals surface area contributed by atoms with Gasteiger partial charge in [-0.1, -0.05) is 18.2 Å². The highest BCUT2D eigenvalue weighted by molar-refractivity contribution is 6.01. The van der Waals surface area contributed by atoms with Crippen molar-refractivity contribution in [2.45, 2.75) is 30.3 Å². The van der Waals surface area contributed by atoms with Crippen molar-refractivity contribution in [1.82, 2.24) is 5.32 Å². The number of phenolic OH excluding ortho intramolecular Hbond substituents is 1. The van der Waals surface area contributed by atoms with E-state index in [1.54, 1.807) is 30.3 Å². The number of fused-ring (bicyclic) bond motifs is 4. The summed E-state index contributed by atoms with van der Waals surface area (Å²) in [6.45, 7) is -0.437. The molecule has 1 saturated carbocycles. The molecule has 2 heterocycles. The van der Waals surface area contributed by atoms with E-state index in [2.05, 4.69) is 5.32 Å². The Bertz CT molecular complexity index is 1070. The number of ether oxygens (including phenoxy) is 3. The van der Waals surface area contributed by atoms with Crippen LogP contribution in [0.4, 0.5) is 0 Å². The maximum atomic E-state index is 12.7. The molecule has 5 rings (SSSR count). The average Bonchev–Trinajstić information content (AvgIpc) is 3.27. The van der Waals surface area contributed by atoms with Crippen LogP contribution in [0.25, 0.3) is 0 Å². The second-order valence-electron chi connectivity index (χ2n) is 8.05. The number of nitrogens with one attached hydrogen (secondary N) is 1. The van der Waals surface area contributed by atoms with E-state index in [1.165, 1.54) is 6.07 Å². The molecule has 1 fully saturated rings. The van der Waals surface area contributed by atoms with Crippen molar-refractivity contribution in [2.75, 3.05) is 13.4 Å². The molecule has 10 nitrogen and oxygen atoms in total. The van der Waals surface area contributed by atoms with Gasteiger partial charge in [0, 0.05) is 11.8 Å². The molecule has 1 aliphatic carbocycles. The maximum absolute atomic E-state index is 12.7. The van der Waals surface area contributed by atoms with Gasteiger partial charge in [0.1, 0.15) is 12.2 Å².